The van der Waals surface area contributed by atoms with Crippen molar-refractivity contribution in [3.05, 3.63) is 59.9 Å². The average Bonchev–Trinajstić information content (AvgIpc) is 3.08. The molecule has 2 aromatic heterocycles. The molecule has 3 rings (SSSR count). The second-order valence-corrected chi connectivity index (χ2v) is 4.64. The summed E-state index contributed by atoms with van der Waals surface area (Å²) in [5.74, 6) is 1.70. The first kappa shape index (κ1) is 12.6. The van der Waals surface area contributed by atoms with Gasteiger partial charge in [-0.2, -0.15) is 4.98 Å². The first-order chi connectivity index (χ1) is 9.74. The first-order valence-corrected chi connectivity index (χ1v) is 6.41. The zero-order chi connectivity index (χ0) is 13.9. The minimum atomic E-state index is -0.314. The van der Waals surface area contributed by atoms with Gasteiger partial charge < -0.3 is 14.7 Å². The highest BCUT2D eigenvalue weighted by atomic mass is 16.5. The molecule has 0 unspecified atom stereocenters. The fraction of sp³-hybridized carbons (Fsp3) is 0.200. The van der Waals surface area contributed by atoms with E-state index >= 15 is 0 Å². The fourth-order valence-electron chi connectivity index (χ4n) is 2.07. The van der Waals surface area contributed by atoms with Crippen LogP contribution in [0.4, 0.5) is 0 Å². The molecule has 0 radical (unpaired) electrons. The molecule has 0 spiro atoms. The summed E-state index contributed by atoms with van der Waals surface area (Å²) < 4.78 is 10.5. The number of aromatic nitrogens is 2. The summed E-state index contributed by atoms with van der Waals surface area (Å²) in [7, 11) is 0. The van der Waals surface area contributed by atoms with Crippen LogP contribution in [0.15, 0.2) is 51.6 Å². The van der Waals surface area contributed by atoms with Gasteiger partial charge >= 0.3 is 0 Å². The van der Waals surface area contributed by atoms with Crippen LogP contribution in [0.3, 0.4) is 0 Å². The number of aryl methyl sites for hydroxylation is 1. The Morgan fingerprint density at radius 2 is 2.00 bits per heavy atom. The zero-order valence-corrected chi connectivity index (χ0v) is 11.1. The van der Waals surface area contributed by atoms with Crippen LogP contribution >= 0.6 is 0 Å². The summed E-state index contributed by atoms with van der Waals surface area (Å²) in [6.07, 6.45) is 2.26. The van der Waals surface area contributed by atoms with Crippen molar-refractivity contribution in [2.45, 2.75) is 19.4 Å². The van der Waals surface area contributed by atoms with Crippen molar-refractivity contribution in [1.82, 2.24) is 10.1 Å². The van der Waals surface area contributed by atoms with Gasteiger partial charge in [0.05, 0.1) is 17.9 Å². The molecule has 20 heavy (non-hydrogen) atoms. The van der Waals surface area contributed by atoms with Crippen LogP contribution in [0.2, 0.25) is 0 Å². The Kier molecular flexibility index (Phi) is 3.35. The highest BCUT2D eigenvalue weighted by molar-refractivity contribution is 5.56. The monoisotopic (exact) mass is 269 g/mol. The first-order valence-electron chi connectivity index (χ1n) is 6.41. The predicted octanol–water partition coefficient (Wildman–Crippen LogP) is 2.88. The molecule has 0 aliphatic heterocycles. The van der Waals surface area contributed by atoms with E-state index in [4.69, 9.17) is 14.7 Å². The highest BCUT2D eigenvalue weighted by Gasteiger charge is 2.17. The van der Waals surface area contributed by atoms with E-state index in [2.05, 4.69) is 10.1 Å². The van der Waals surface area contributed by atoms with Gasteiger partial charge in [0.15, 0.2) is 0 Å². The van der Waals surface area contributed by atoms with E-state index in [-0.39, 0.29) is 6.04 Å². The third kappa shape index (κ3) is 2.48. The largest absolute Gasteiger partial charge is 0.469 e. The van der Waals surface area contributed by atoms with Crippen molar-refractivity contribution in [2.75, 3.05) is 0 Å². The van der Waals surface area contributed by atoms with Gasteiger partial charge in [-0.25, -0.2) is 0 Å². The molecule has 3 aromatic rings. The maximum atomic E-state index is 6.11. The van der Waals surface area contributed by atoms with Crippen LogP contribution in [0.1, 0.15) is 23.3 Å². The van der Waals surface area contributed by atoms with Gasteiger partial charge in [-0.15, -0.1) is 0 Å². The summed E-state index contributed by atoms with van der Waals surface area (Å²) in [6.45, 7) is 1.86. The molecule has 0 aliphatic carbocycles. The molecule has 0 saturated heterocycles. The van der Waals surface area contributed by atoms with Gasteiger partial charge in [-0.1, -0.05) is 35.5 Å². The molecule has 5 heteroatoms. The zero-order valence-electron chi connectivity index (χ0n) is 11.1. The third-order valence-electron chi connectivity index (χ3n) is 3.16. The molecular formula is C15H15N3O2. The SMILES string of the molecule is Cc1occc1-c1noc([C@@H](N)Cc2ccccc2)n1. The number of furan rings is 1. The maximum absolute atomic E-state index is 6.11. The van der Waals surface area contributed by atoms with Crippen molar-refractivity contribution in [3.8, 4) is 11.4 Å². The minimum absolute atomic E-state index is 0.314. The van der Waals surface area contributed by atoms with E-state index in [9.17, 15) is 0 Å². The van der Waals surface area contributed by atoms with Crippen LogP contribution in [-0.2, 0) is 6.42 Å². The Balaban J connectivity index is 1.78. The van der Waals surface area contributed by atoms with Gasteiger partial charge in [-0.05, 0) is 25.0 Å². The lowest BCUT2D eigenvalue weighted by Crippen LogP contribution is -2.13. The number of nitrogens with two attached hydrogens (primary N) is 1. The lowest BCUT2D eigenvalue weighted by molar-refractivity contribution is 0.354. The summed E-state index contributed by atoms with van der Waals surface area (Å²) in [5.41, 5.74) is 8.08. The van der Waals surface area contributed by atoms with Crippen molar-refractivity contribution in [2.24, 2.45) is 5.73 Å². The van der Waals surface area contributed by atoms with Crippen LogP contribution in [-0.4, -0.2) is 10.1 Å². The standard InChI is InChI=1S/C15H15N3O2/c1-10-12(7-8-19-10)14-17-15(20-18-14)13(16)9-11-5-3-2-4-6-11/h2-8,13H,9,16H2,1H3/t13-/m0/s1. The number of rotatable bonds is 4. The summed E-state index contributed by atoms with van der Waals surface area (Å²) in [4.78, 5) is 4.35. The third-order valence-corrected chi connectivity index (χ3v) is 3.16. The van der Waals surface area contributed by atoms with E-state index in [1.165, 1.54) is 0 Å². The normalized spacial score (nSPS) is 12.5. The Morgan fingerprint density at radius 3 is 2.70 bits per heavy atom. The molecule has 5 nitrogen and oxygen atoms in total. The molecule has 1 aromatic carbocycles. The molecule has 2 N–H and O–H groups in total. The summed E-state index contributed by atoms with van der Waals surface area (Å²) in [5, 5.41) is 3.96. The second-order valence-electron chi connectivity index (χ2n) is 4.64. The van der Waals surface area contributed by atoms with Gasteiger partial charge in [0, 0.05) is 0 Å². The van der Waals surface area contributed by atoms with Crippen LogP contribution in [0.5, 0.6) is 0 Å². The highest BCUT2D eigenvalue weighted by Crippen LogP contribution is 2.23. The lowest BCUT2D eigenvalue weighted by Gasteiger charge is -2.05. The molecule has 0 bridgehead atoms. The number of nitrogens with zero attached hydrogens (tertiary/aromatic N) is 2. The van der Waals surface area contributed by atoms with E-state index in [1.807, 2.05) is 43.3 Å². The number of hydrogen-bond donors (Lipinski definition) is 1. The van der Waals surface area contributed by atoms with E-state index in [0.29, 0.717) is 18.1 Å². The van der Waals surface area contributed by atoms with Crippen LogP contribution < -0.4 is 5.73 Å². The Labute approximate surface area is 116 Å². The molecule has 1 atom stereocenters. The minimum Gasteiger partial charge on any atom is -0.469 e. The van der Waals surface area contributed by atoms with Crippen molar-refractivity contribution in [1.29, 1.82) is 0 Å². The predicted molar refractivity (Wildman–Crippen MR) is 73.8 cm³/mol. The summed E-state index contributed by atoms with van der Waals surface area (Å²) in [6, 6.07) is 11.5. The topological polar surface area (TPSA) is 78.1 Å². The van der Waals surface area contributed by atoms with Gasteiger partial charge in [0.2, 0.25) is 11.7 Å². The number of benzene rings is 1. The molecule has 0 fully saturated rings. The molecular weight excluding hydrogens is 254 g/mol. The second kappa shape index (κ2) is 5.30. The Bertz CT molecular complexity index is 688. The fourth-order valence-corrected chi connectivity index (χ4v) is 2.07. The van der Waals surface area contributed by atoms with Gasteiger partial charge in [0.1, 0.15) is 5.76 Å². The maximum Gasteiger partial charge on any atom is 0.244 e. The van der Waals surface area contributed by atoms with Gasteiger partial charge in [0.25, 0.3) is 0 Å². The van der Waals surface area contributed by atoms with Crippen LogP contribution in [0, 0.1) is 6.92 Å². The average molecular weight is 269 g/mol. The van der Waals surface area contributed by atoms with Crippen molar-refractivity contribution in [3.63, 3.8) is 0 Å². The Morgan fingerprint density at radius 1 is 1.20 bits per heavy atom. The summed E-state index contributed by atoms with van der Waals surface area (Å²) >= 11 is 0. The van der Waals surface area contributed by atoms with Crippen molar-refractivity contribution >= 4 is 0 Å². The van der Waals surface area contributed by atoms with E-state index in [0.717, 1.165) is 16.9 Å². The Hall–Kier alpha value is -2.40. The van der Waals surface area contributed by atoms with E-state index < -0.39 is 0 Å². The van der Waals surface area contributed by atoms with E-state index in [1.54, 1.807) is 6.26 Å². The molecule has 0 saturated carbocycles. The lowest BCUT2D eigenvalue weighted by atomic mass is 10.1. The molecule has 0 amide bonds. The van der Waals surface area contributed by atoms with Crippen molar-refractivity contribution < 1.29 is 8.94 Å². The molecule has 0 aliphatic rings. The number of hydrogen-bond acceptors (Lipinski definition) is 5. The molecule has 2 heterocycles. The van der Waals surface area contributed by atoms with Crippen LogP contribution in [0.25, 0.3) is 11.4 Å². The quantitative estimate of drug-likeness (QED) is 0.788. The molecule has 102 valence electrons. The van der Waals surface area contributed by atoms with Gasteiger partial charge in [-0.3, -0.25) is 0 Å². The smallest absolute Gasteiger partial charge is 0.244 e.